The quantitative estimate of drug-likeness (QED) is 0.892. The van der Waals surface area contributed by atoms with Crippen LogP contribution in [0.3, 0.4) is 0 Å². The molecule has 2 amide bonds. The summed E-state index contributed by atoms with van der Waals surface area (Å²) in [5, 5.41) is 11.4. The lowest BCUT2D eigenvalue weighted by Crippen LogP contribution is -2.57. The SMILES string of the molecule is N#CC[C@@H]1C(=O)NCCN1C(=O)OCc1ccccc1. The van der Waals surface area contributed by atoms with E-state index in [2.05, 4.69) is 5.32 Å². The van der Waals surface area contributed by atoms with Crippen LogP contribution in [0.25, 0.3) is 0 Å². The third kappa shape index (κ3) is 3.26. The van der Waals surface area contributed by atoms with Crippen molar-refractivity contribution < 1.29 is 14.3 Å². The summed E-state index contributed by atoms with van der Waals surface area (Å²) in [7, 11) is 0. The van der Waals surface area contributed by atoms with E-state index in [9.17, 15) is 9.59 Å². The van der Waals surface area contributed by atoms with Gasteiger partial charge in [0, 0.05) is 13.1 Å². The summed E-state index contributed by atoms with van der Waals surface area (Å²) in [6.45, 7) is 0.879. The lowest BCUT2D eigenvalue weighted by atomic mass is 10.1. The van der Waals surface area contributed by atoms with Crippen molar-refractivity contribution in [3.63, 3.8) is 0 Å². The second-order valence-corrected chi connectivity index (χ2v) is 4.40. The van der Waals surface area contributed by atoms with Crippen LogP contribution >= 0.6 is 0 Å². The molecule has 6 nitrogen and oxygen atoms in total. The van der Waals surface area contributed by atoms with Crippen LogP contribution in [-0.4, -0.2) is 36.0 Å². The van der Waals surface area contributed by atoms with Crippen molar-refractivity contribution in [3.8, 4) is 6.07 Å². The van der Waals surface area contributed by atoms with Gasteiger partial charge in [0.2, 0.25) is 5.91 Å². The van der Waals surface area contributed by atoms with Crippen LogP contribution < -0.4 is 5.32 Å². The molecule has 1 aromatic rings. The van der Waals surface area contributed by atoms with Gasteiger partial charge in [-0.25, -0.2) is 4.79 Å². The van der Waals surface area contributed by atoms with E-state index < -0.39 is 12.1 Å². The van der Waals surface area contributed by atoms with E-state index in [4.69, 9.17) is 10.00 Å². The summed E-state index contributed by atoms with van der Waals surface area (Å²) in [6.07, 6.45) is -0.601. The number of nitriles is 1. The van der Waals surface area contributed by atoms with Crippen molar-refractivity contribution in [3.05, 3.63) is 35.9 Å². The smallest absolute Gasteiger partial charge is 0.410 e. The number of rotatable bonds is 3. The molecule has 104 valence electrons. The molecule has 0 aromatic heterocycles. The van der Waals surface area contributed by atoms with Crippen LogP contribution in [-0.2, 0) is 16.1 Å². The Balaban J connectivity index is 1.96. The molecular formula is C14H15N3O3. The Morgan fingerprint density at radius 1 is 1.45 bits per heavy atom. The monoisotopic (exact) mass is 273 g/mol. The van der Waals surface area contributed by atoms with E-state index >= 15 is 0 Å². The Morgan fingerprint density at radius 2 is 2.20 bits per heavy atom. The average molecular weight is 273 g/mol. The summed E-state index contributed by atoms with van der Waals surface area (Å²) in [5.74, 6) is -0.311. The van der Waals surface area contributed by atoms with Crippen molar-refractivity contribution in [2.45, 2.75) is 19.1 Å². The van der Waals surface area contributed by atoms with Crippen molar-refractivity contribution >= 4 is 12.0 Å². The minimum absolute atomic E-state index is 0.0354. The van der Waals surface area contributed by atoms with Gasteiger partial charge < -0.3 is 10.1 Å². The van der Waals surface area contributed by atoms with Gasteiger partial charge in [-0.2, -0.15) is 5.26 Å². The molecule has 1 atom stereocenters. The van der Waals surface area contributed by atoms with Crippen LogP contribution in [0.4, 0.5) is 4.79 Å². The maximum absolute atomic E-state index is 12.0. The number of hydrogen-bond acceptors (Lipinski definition) is 4. The molecule has 1 aliphatic rings. The number of carbonyl (C=O) groups is 2. The van der Waals surface area contributed by atoms with E-state index in [-0.39, 0.29) is 18.9 Å². The largest absolute Gasteiger partial charge is 0.445 e. The maximum atomic E-state index is 12.0. The number of amides is 2. The first-order valence-electron chi connectivity index (χ1n) is 6.34. The van der Waals surface area contributed by atoms with Crippen LogP contribution in [0, 0.1) is 11.3 Å². The molecule has 0 spiro atoms. The number of carbonyl (C=O) groups excluding carboxylic acids is 2. The molecule has 0 aliphatic carbocycles. The Kier molecular flexibility index (Phi) is 4.56. The Bertz CT molecular complexity index is 524. The van der Waals surface area contributed by atoms with Gasteiger partial charge in [0.1, 0.15) is 12.6 Å². The van der Waals surface area contributed by atoms with Crippen LogP contribution in [0.5, 0.6) is 0 Å². The molecule has 20 heavy (non-hydrogen) atoms. The zero-order chi connectivity index (χ0) is 14.4. The second kappa shape index (κ2) is 6.57. The number of nitrogens with zero attached hydrogens (tertiary/aromatic N) is 2. The molecule has 0 unspecified atom stereocenters. The molecule has 6 heteroatoms. The highest BCUT2D eigenvalue weighted by molar-refractivity contribution is 5.87. The first-order valence-corrected chi connectivity index (χ1v) is 6.34. The molecule has 1 N–H and O–H groups in total. The second-order valence-electron chi connectivity index (χ2n) is 4.40. The maximum Gasteiger partial charge on any atom is 0.410 e. The van der Waals surface area contributed by atoms with Gasteiger partial charge >= 0.3 is 6.09 Å². The highest BCUT2D eigenvalue weighted by Gasteiger charge is 2.33. The molecule has 1 heterocycles. The summed E-state index contributed by atoms with van der Waals surface area (Å²) >= 11 is 0. The fraction of sp³-hybridized carbons (Fsp3) is 0.357. The number of nitrogens with one attached hydrogen (secondary N) is 1. The van der Waals surface area contributed by atoms with Crippen molar-refractivity contribution in [2.75, 3.05) is 13.1 Å². The van der Waals surface area contributed by atoms with Gasteiger partial charge in [0.25, 0.3) is 0 Å². The fourth-order valence-electron chi connectivity index (χ4n) is 2.02. The van der Waals surface area contributed by atoms with E-state index in [0.717, 1.165) is 5.56 Å². The lowest BCUT2D eigenvalue weighted by molar-refractivity contribution is -0.128. The zero-order valence-electron chi connectivity index (χ0n) is 10.9. The Hall–Kier alpha value is -2.55. The van der Waals surface area contributed by atoms with Gasteiger partial charge in [-0.05, 0) is 5.56 Å². The van der Waals surface area contributed by atoms with Crippen LogP contribution in [0.15, 0.2) is 30.3 Å². The van der Waals surface area contributed by atoms with Crippen LogP contribution in [0.1, 0.15) is 12.0 Å². The standard InChI is InChI=1S/C14H15N3O3/c15-7-6-12-13(18)16-8-9-17(12)14(19)20-10-11-4-2-1-3-5-11/h1-5,12H,6,8-10H2,(H,16,18)/t12-/m1/s1. The number of piperazine rings is 1. The summed E-state index contributed by atoms with van der Waals surface area (Å²) in [6, 6.07) is 10.4. The molecule has 1 fully saturated rings. The van der Waals surface area contributed by atoms with Gasteiger partial charge in [-0.3, -0.25) is 9.69 Å². The topological polar surface area (TPSA) is 82.4 Å². The minimum atomic E-state index is -0.767. The molecule has 0 radical (unpaired) electrons. The Morgan fingerprint density at radius 3 is 2.90 bits per heavy atom. The third-order valence-electron chi connectivity index (χ3n) is 3.06. The normalized spacial score (nSPS) is 18.1. The van der Waals surface area contributed by atoms with Crippen molar-refractivity contribution in [1.29, 1.82) is 5.26 Å². The lowest BCUT2D eigenvalue weighted by Gasteiger charge is -2.32. The molecule has 0 bridgehead atoms. The minimum Gasteiger partial charge on any atom is -0.445 e. The highest BCUT2D eigenvalue weighted by atomic mass is 16.6. The summed E-state index contributed by atoms with van der Waals surface area (Å²) < 4.78 is 5.19. The van der Waals surface area contributed by atoms with Crippen molar-refractivity contribution in [1.82, 2.24) is 10.2 Å². The number of ether oxygens (including phenoxy) is 1. The van der Waals surface area contributed by atoms with E-state index in [1.54, 1.807) is 0 Å². The molecular weight excluding hydrogens is 258 g/mol. The Labute approximate surface area is 116 Å². The average Bonchev–Trinajstić information content (AvgIpc) is 2.48. The van der Waals surface area contributed by atoms with Crippen LogP contribution in [0.2, 0.25) is 0 Å². The number of hydrogen-bond donors (Lipinski definition) is 1. The number of benzene rings is 1. The highest BCUT2D eigenvalue weighted by Crippen LogP contribution is 2.11. The first kappa shape index (κ1) is 13.9. The zero-order valence-corrected chi connectivity index (χ0v) is 10.9. The molecule has 2 rings (SSSR count). The van der Waals surface area contributed by atoms with Crippen molar-refractivity contribution in [2.24, 2.45) is 0 Å². The molecule has 0 saturated carbocycles. The first-order chi connectivity index (χ1) is 9.72. The molecule has 1 aromatic carbocycles. The van der Waals surface area contributed by atoms with Gasteiger partial charge in [-0.15, -0.1) is 0 Å². The molecule has 1 aliphatic heterocycles. The summed E-state index contributed by atoms with van der Waals surface area (Å²) in [4.78, 5) is 25.0. The van der Waals surface area contributed by atoms with E-state index in [1.165, 1.54) is 4.90 Å². The van der Waals surface area contributed by atoms with E-state index in [1.807, 2.05) is 36.4 Å². The fourth-order valence-corrected chi connectivity index (χ4v) is 2.02. The van der Waals surface area contributed by atoms with E-state index in [0.29, 0.717) is 13.1 Å². The predicted octanol–water partition coefficient (Wildman–Crippen LogP) is 1.04. The summed E-state index contributed by atoms with van der Waals surface area (Å²) in [5.41, 5.74) is 0.874. The van der Waals surface area contributed by atoms with Gasteiger partial charge in [0.05, 0.1) is 12.5 Å². The van der Waals surface area contributed by atoms with Gasteiger partial charge in [0.15, 0.2) is 0 Å². The predicted molar refractivity (Wildman–Crippen MR) is 70.4 cm³/mol. The molecule has 1 saturated heterocycles. The third-order valence-corrected chi connectivity index (χ3v) is 3.06. The van der Waals surface area contributed by atoms with Gasteiger partial charge in [-0.1, -0.05) is 30.3 Å².